The number of nitrogens with zero attached hydrogens (tertiary/aromatic N) is 1. The quantitative estimate of drug-likeness (QED) is 0.728. The minimum atomic E-state index is -0.419. The monoisotopic (exact) mass is 326 g/mol. The van der Waals surface area contributed by atoms with E-state index in [4.69, 9.17) is 4.74 Å². The van der Waals surface area contributed by atoms with Gasteiger partial charge in [-0.2, -0.15) is 0 Å². The first-order valence-corrected chi connectivity index (χ1v) is 8.65. The third-order valence-electron chi connectivity index (χ3n) is 4.13. The molecule has 0 saturated carbocycles. The Morgan fingerprint density at radius 2 is 1.83 bits per heavy atom. The van der Waals surface area contributed by atoms with Crippen LogP contribution in [-0.4, -0.2) is 17.7 Å². The van der Waals surface area contributed by atoms with E-state index >= 15 is 0 Å². The zero-order valence-corrected chi connectivity index (χ0v) is 14.5. The van der Waals surface area contributed by atoms with Gasteiger partial charge in [0.25, 0.3) is 0 Å². The summed E-state index contributed by atoms with van der Waals surface area (Å²) >= 11 is 0. The predicted octanol–water partition coefficient (Wildman–Crippen LogP) is 5.17. The topological polar surface area (TPSA) is 51.2 Å². The highest BCUT2D eigenvalue weighted by molar-refractivity contribution is 5.84. The van der Waals surface area contributed by atoms with Crippen molar-refractivity contribution in [3.8, 4) is 0 Å². The molecule has 2 aromatic rings. The van der Waals surface area contributed by atoms with Gasteiger partial charge >= 0.3 is 6.09 Å². The van der Waals surface area contributed by atoms with E-state index in [0.29, 0.717) is 18.9 Å². The summed E-state index contributed by atoms with van der Waals surface area (Å²) < 4.78 is 5.22. The van der Waals surface area contributed by atoms with Crippen molar-refractivity contribution in [3.63, 3.8) is 0 Å². The van der Waals surface area contributed by atoms with Crippen molar-refractivity contribution >= 4 is 11.8 Å². The Bertz CT molecular complexity index is 611. The fraction of sp³-hybridized carbons (Fsp3) is 0.400. The SMILES string of the molecule is CCCC(CC)c1ccc(NC(=O)OCCc2ccncc2)cc1. The van der Waals surface area contributed by atoms with Crippen LogP contribution in [-0.2, 0) is 11.2 Å². The number of hydrogen-bond acceptors (Lipinski definition) is 3. The highest BCUT2D eigenvalue weighted by Crippen LogP contribution is 2.25. The number of rotatable bonds is 8. The van der Waals surface area contributed by atoms with Crippen LogP contribution in [0.4, 0.5) is 10.5 Å². The second kappa shape index (κ2) is 9.71. The van der Waals surface area contributed by atoms with Gasteiger partial charge in [-0.3, -0.25) is 10.3 Å². The average Bonchev–Trinajstić information content (AvgIpc) is 2.61. The van der Waals surface area contributed by atoms with E-state index in [0.717, 1.165) is 17.7 Å². The molecule has 1 aromatic heterocycles. The molecular formula is C20H26N2O2. The van der Waals surface area contributed by atoms with E-state index in [-0.39, 0.29) is 0 Å². The van der Waals surface area contributed by atoms with Crippen LogP contribution in [0.1, 0.15) is 50.2 Å². The minimum Gasteiger partial charge on any atom is -0.449 e. The van der Waals surface area contributed by atoms with Crippen LogP contribution in [0.3, 0.4) is 0 Å². The van der Waals surface area contributed by atoms with Crippen molar-refractivity contribution in [2.75, 3.05) is 11.9 Å². The Labute approximate surface area is 144 Å². The lowest BCUT2D eigenvalue weighted by atomic mass is 9.92. The third-order valence-corrected chi connectivity index (χ3v) is 4.13. The van der Waals surface area contributed by atoms with E-state index in [1.807, 2.05) is 24.3 Å². The first kappa shape index (κ1) is 18.0. The molecule has 24 heavy (non-hydrogen) atoms. The number of benzene rings is 1. The van der Waals surface area contributed by atoms with Crippen molar-refractivity contribution < 1.29 is 9.53 Å². The maximum absolute atomic E-state index is 11.8. The Balaban J connectivity index is 1.79. The first-order valence-electron chi connectivity index (χ1n) is 8.65. The van der Waals surface area contributed by atoms with Gasteiger partial charge in [-0.1, -0.05) is 32.4 Å². The maximum atomic E-state index is 11.8. The predicted molar refractivity (Wildman–Crippen MR) is 97.3 cm³/mol. The van der Waals surface area contributed by atoms with E-state index < -0.39 is 6.09 Å². The second-order valence-corrected chi connectivity index (χ2v) is 5.88. The van der Waals surface area contributed by atoms with E-state index in [1.54, 1.807) is 12.4 Å². The molecule has 0 radical (unpaired) electrons. The number of carbonyl (C=O) groups is 1. The summed E-state index contributed by atoms with van der Waals surface area (Å²) in [6.07, 6.45) is 7.25. The molecule has 1 unspecified atom stereocenters. The van der Waals surface area contributed by atoms with Gasteiger partial charge in [-0.25, -0.2) is 4.79 Å². The number of pyridine rings is 1. The third kappa shape index (κ3) is 5.69. The molecule has 0 fully saturated rings. The van der Waals surface area contributed by atoms with Gasteiger partial charge in [0.1, 0.15) is 0 Å². The molecule has 0 saturated heterocycles. The molecule has 1 N–H and O–H groups in total. The van der Waals surface area contributed by atoms with Gasteiger partial charge in [0, 0.05) is 24.5 Å². The first-order chi connectivity index (χ1) is 11.7. The highest BCUT2D eigenvalue weighted by atomic mass is 16.5. The van der Waals surface area contributed by atoms with Gasteiger partial charge in [-0.15, -0.1) is 0 Å². The van der Waals surface area contributed by atoms with Gasteiger partial charge in [0.15, 0.2) is 0 Å². The molecule has 2 rings (SSSR count). The molecule has 4 nitrogen and oxygen atoms in total. The molecule has 0 aliphatic heterocycles. The van der Waals surface area contributed by atoms with Crippen molar-refractivity contribution in [2.45, 2.75) is 45.4 Å². The van der Waals surface area contributed by atoms with Crippen molar-refractivity contribution in [1.29, 1.82) is 0 Å². The smallest absolute Gasteiger partial charge is 0.411 e. The van der Waals surface area contributed by atoms with Crippen molar-refractivity contribution in [1.82, 2.24) is 4.98 Å². The minimum absolute atomic E-state index is 0.350. The molecule has 0 bridgehead atoms. The molecule has 0 aliphatic carbocycles. The van der Waals surface area contributed by atoms with E-state index in [1.165, 1.54) is 18.4 Å². The number of amides is 1. The van der Waals surface area contributed by atoms with Crippen molar-refractivity contribution in [3.05, 3.63) is 59.9 Å². The normalized spacial score (nSPS) is 11.8. The lowest BCUT2D eigenvalue weighted by Gasteiger charge is -2.15. The fourth-order valence-corrected chi connectivity index (χ4v) is 2.76. The average molecular weight is 326 g/mol. The number of ether oxygens (including phenoxy) is 1. The molecule has 0 aliphatic rings. The largest absolute Gasteiger partial charge is 0.449 e. The number of hydrogen-bond donors (Lipinski definition) is 1. The summed E-state index contributed by atoms with van der Waals surface area (Å²) in [6.45, 7) is 4.77. The Kier molecular flexibility index (Phi) is 7.27. The van der Waals surface area contributed by atoms with E-state index in [2.05, 4.69) is 36.3 Å². The van der Waals surface area contributed by atoms with Crippen LogP contribution >= 0.6 is 0 Å². The molecule has 128 valence electrons. The highest BCUT2D eigenvalue weighted by Gasteiger charge is 2.09. The lowest BCUT2D eigenvalue weighted by Crippen LogP contribution is -2.15. The molecular weight excluding hydrogens is 300 g/mol. The second-order valence-electron chi connectivity index (χ2n) is 5.88. The van der Waals surface area contributed by atoms with Gasteiger partial charge < -0.3 is 4.74 Å². The molecule has 1 aromatic carbocycles. The zero-order chi connectivity index (χ0) is 17.2. The Morgan fingerprint density at radius 1 is 1.12 bits per heavy atom. The maximum Gasteiger partial charge on any atom is 0.411 e. The van der Waals surface area contributed by atoms with Crippen LogP contribution in [0.5, 0.6) is 0 Å². The summed E-state index contributed by atoms with van der Waals surface area (Å²) in [6, 6.07) is 11.9. The summed E-state index contributed by atoms with van der Waals surface area (Å²) in [4.78, 5) is 15.8. The summed E-state index contributed by atoms with van der Waals surface area (Å²) in [7, 11) is 0. The molecule has 4 heteroatoms. The van der Waals surface area contributed by atoms with Gasteiger partial charge in [-0.05, 0) is 54.2 Å². The fourth-order valence-electron chi connectivity index (χ4n) is 2.76. The molecule has 1 heterocycles. The Hall–Kier alpha value is -2.36. The molecule has 0 spiro atoms. The van der Waals surface area contributed by atoms with Crippen molar-refractivity contribution in [2.24, 2.45) is 0 Å². The van der Waals surface area contributed by atoms with Crippen LogP contribution in [0.2, 0.25) is 0 Å². The molecule has 1 amide bonds. The van der Waals surface area contributed by atoms with Crippen LogP contribution in [0.15, 0.2) is 48.8 Å². The zero-order valence-electron chi connectivity index (χ0n) is 14.5. The van der Waals surface area contributed by atoms with Gasteiger partial charge in [0.05, 0.1) is 6.61 Å². The summed E-state index contributed by atoms with van der Waals surface area (Å²) in [5.41, 5.74) is 3.19. The lowest BCUT2D eigenvalue weighted by molar-refractivity contribution is 0.163. The van der Waals surface area contributed by atoms with E-state index in [9.17, 15) is 4.79 Å². The summed E-state index contributed by atoms with van der Waals surface area (Å²) in [5.74, 6) is 0.594. The number of aromatic nitrogens is 1. The van der Waals surface area contributed by atoms with Crippen LogP contribution < -0.4 is 5.32 Å². The van der Waals surface area contributed by atoms with Crippen LogP contribution in [0, 0.1) is 0 Å². The van der Waals surface area contributed by atoms with Crippen LogP contribution in [0.25, 0.3) is 0 Å². The van der Waals surface area contributed by atoms with Gasteiger partial charge in [0.2, 0.25) is 0 Å². The Morgan fingerprint density at radius 3 is 2.46 bits per heavy atom. The molecule has 1 atom stereocenters. The number of nitrogens with one attached hydrogen (secondary N) is 1. The number of anilines is 1. The summed E-state index contributed by atoms with van der Waals surface area (Å²) in [5, 5.41) is 2.77. The number of carbonyl (C=O) groups excluding carboxylic acids is 1. The standard InChI is InChI=1S/C20H26N2O2/c1-3-5-17(4-2)18-6-8-19(9-7-18)22-20(23)24-15-12-16-10-13-21-14-11-16/h6-11,13-14,17H,3-5,12,15H2,1-2H3,(H,22,23).